The second-order valence-corrected chi connectivity index (χ2v) is 5.61. The number of benzene rings is 1. The number of hydrogen-bond donors (Lipinski definition) is 3. The summed E-state index contributed by atoms with van der Waals surface area (Å²) in [6.07, 6.45) is -3.02. The van der Waals surface area contributed by atoms with Gasteiger partial charge < -0.3 is 10.1 Å². The molecular formula is C14H11ClF3N3O2. The average molecular weight is 346 g/mol. The van der Waals surface area contributed by atoms with Crippen molar-refractivity contribution in [2.45, 2.75) is 24.7 Å². The zero-order valence-electron chi connectivity index (χ0n) is 11.5. The number of aliphatic carboxylic acids is 1. The molecule has 1 aliphatic heterocycles. The van der Waals surface area contributed by atoms with E-state index in [1.165, 1.54) is 12.4 Å². The number of nitrogens with one attached hydrogen (secondary N) is 2. The highest BCUT2D eigenvalue weighted by Crippen LogP contribution is 2.38. The molecule has 1 aliphatic rings. The highest BCUT2D eigenvalue weighted by molar-refractivity contribution is 6.31. The highest BCUT2D eigenvalue weighted by atomic mass is 35.5. The van der Waals surface area contributed by atoms with E-state index < -0.39 is 34.8 Å². The Kier molecular flexibility index (Phi) is 3.81. The predicted octanol–water partition coefficient (Wildman–Crippen LogP) is 2.77. The fraction of sp³-hybridized carbons (Fsp3) is 0.286. The van der Waals surface area contributed by atoms with Gasteiger partial charge in [-0.25, -0.2) is 4.98 Å². The summed E-state index contributed by atoms with van der Waals surface area (Å²) in [5, 5.41) is 11.6. The van der Waals surface area contributed by atoms with E-state index in [1.807, 2.05) is 0 Å². The molecule has 0 radical (unpaired) electrons. The van der Waals surface area contributed by atoms with Crippen molar-refractivity contribution in [2.24, 2.45) is 0 Å². The third kappa shape index (κ3) is 2.91. The van der Waals surface area contributed by atoms with Gasteiger partial charge in [0, 0.05) is 12.1 Å². The van der Waals surface area contributed by atoms with Crippen LogP contribution in [0.25, 0.3) is 0 Å². The van der Waals surface area contributed by atoms with Crippen molar-refractivity contribution in [3.63, 3.8) is 0 Å². The quantitative estimate of drug-likeness (QED) is 0.782. The maximum absolute atomic E-state index is 13.0. The maximum atomic E-state index is 13.0. The zero-order valence-corrected chi connectivity index (χ0v) is 12.2. The number of nitrogens with zero attached hydrogens (tertiary/aromatic N) is 1. The van der Waals surface area contributed by atoms with Gasteiger partial charge in [-0.1, -0.05) is 17.7 Å². The second-order valence-electron chi connectivity index (χ2n) is 5.20. The smallest absolute Gasteiger partial charge is 0.417 e. The van der Waals surface area contributed by atoms with E-state index in [-0.39, 0.29) is 12.0 Å². The van der Waals surface area contributed by atoms with Gasteiger partial charge in [-0.2, -0.15) is 13.2 Å². The maximum Gasteiger partial charge on any atom is 0.417 e. The van der Waals surface area contributed by atoms with Crippen molar-refractivity contribution in [3.8, 4) is 0 Å². The number of alkyl halides is 3. The van der Waals surface area contributed by atoms with Crippen LogP contribution in [0.1, 0.15) is 28.6 Å². The Bertz CT molecular complexity index is 760. The SMILES string of the molecule is O=C(O)[C@@H]1Cc2[nH]cnc2[C@H](c2ccc(Cl)c(C(F)(F)F)c2)N1. The van der Waals surface area contributed by atoms with Gasteiger partial charge in [0.15, 0.2) is 0 Å². The van der Waals surface area contributed by atoms with Crippen molar-refractivity contribution in [3.05, 3.63) is 52.1 Å². The van der Waals surface area contributed by atoms with Crippen LogP contribution >= 0.6 is 11.6 Å². The Morgan fingerprint density at radius 1 is 1.39 bits per heavy atom. The first-order valence-corrected chi connectivity index (χ1v) is 7.03. The van der Waals surface area contributed by atoms with Gasteiger partial charge >= 0.3 is 12.1 Å². The Morgan fingerprint density at radius 2 is 2.13 bits per heavy atom. The normalized spacial score (nSPS) is 21.0. The first-order valence-electron chi connectivity index (χ1n) is 6.65. The summed E-state index contributed by atoms with van der Waals surface area (Å²) in [6.45, 7) is 0. The summed E-state index contributed by atoms with van der Waals surface area (Å²) >= 11 is 5.62. The molecule has 0 aliphatic carbocycles. The molecule has 2 aromatic rings. The monoisotopic (exact) mass is 345 g/mol. The van der Waals surface area contributed by atoms with E-state index in [0.717, 1.165) is 12.1 Å². The molecule has 9 heteroatoms. The summed E-state index contributed by atoms with van der Waals surface area (Å²) in [5.41, 5.74) is 0.358. The van der Waals surface area contributed by atoms with E-state index in [1.54, 1.807) is 0 Å². The third-order valence-corrected chi connectivity index (χ3v) is 4.06. The minimum absolute atomic E-state index is 0.181. The number of halogens is 4. The molecule has 5 nitrogen and oxygen atoms in total. The van der Waals surface area contributed by atoms with Crippen molar-refractivity contribution in [2.75, 3.05) is 0 Å². The summed E-state index contributed by atoms with van der Waals surface area (Å²) in [6, 6.07) is 1.82. The lowest BCUT2D eigenvalue weighted by Crippen LogP contribution is -2.45. The number of H-pyrrole nitrogens is 1. The van der Waals surface area contributed by atoms with Crippen LogP contribution in [-0.2, 0) is 17.4 Å². The molecule has 1 aromatic carbocycles. The molecule has 3 N–H and O–H groups in total. The van der Waals surface area contributed by atoms with Gasteiger partial charge in [0.25, 0.3) is 0 Å². The van der Waals surface area contributed by atoms with E-state index in [0.29, 0.717) is 11.4 Å². The Morgan fingerprint density at radius 3 is 2.78 bits per heavy atom. The van der Waals surface area contributed by atoms with Crippen LogP contribution < -0.4 is 5.32 Å². The van der Waals surface area contributed by atoms with E-state index in [2.05, 4.69) is 15.3 Å². The Balaban J connectivity index is 2.06. The molecule has 1 aromatic heterocycles. The standard InChI is InChI=1S/C14H11ClF3N3O2/c15-8-2-1-6(3-7(8)14(16,17)18)11-12-9(19-5-20-12)4-10(21-11)13(22)23/h1-3,5,10-11,21H,4H2,(H,19,20)(H,22,23)/t10-,11-/m0/s1. The van der Waals surface area contributed by atoms with Gasteiger partial charge in [0.2, 0.25) is 0 Å². The van der Waals surface area contributed by atoms with Gasteiger partial charge in [0.05, 0.1) is 28.6 Å². The molecular weight excluding hydrogens is 335 g/mol. The number of carboxylic acids is 1. The van der Waals surface area contributed by atoms with Gasteiger partial charge in [-0.05, 0) is 17.7 Å². The summed E-state index contributed by atoms with van der Waals surface area (Å²) < 4.78 is 39.0. The lowest BCUT2D eigenvalue weighted by molar-refractivity contribution is -0.140. The van der Waals surface area contributed by atoms with Crippen LogP contribution in [0, 0.1) is 0 Å². The molecule has 2 heterocycles. The van der Waals surface area contributed by atoms with Gasteiger partial charge in [-0.15, -0.1) is 0 Å². The fourth-order valence-electron chi connectivity index (χ4n) is 2.64. The number of fused-ring (bicyclic) bond motifs is 1. The van der Waals surface area contributed by atoms with Crippen molar-refractivity contribution < 1.29 is 23.1 Å². The highest BCUT2D eigenvalue weighted by Gasteiger charge is 2.37. The number of imidazole rings is 1. The molecule has 2 atom stereocenters. The summed E-state index contributed by atoms with van der Waals surface area (Å²) in [7, 11) is 0. The van der Waals surface area contributed by atoms with Crippen LogP contribution in [0.2, 0.25) is 5.02 Å². The molecule has 0 saturated carbocycles. The van der Waals surface area contributed by atoms with Gasteiger partial charge in [0.1, 0.15) is 6.04 Å². The fourth-order valence-corrected chi connectivity index (χ4v) is 2.86. The van der Waals surface area contributed by atoms with E-state index in [9.17, 15) is 23.1 Å². The van der Waals surface area contributed by atoms with Crippen LogP contribution in [-0.4, -0.2) is 27.1 Å². The molecule has 0 unspecified atom stereocenters. The predicted molar refractivity (Wildman–Crippen MR) is 75.1 cm³/mol. The number of rotatable bonds is 2. The summed E-state index contributed by atoms with van der Waals surface area (Å²) in [4.78, 5) is 18.2. The minimum atomic E-state index is -4.59. The number of carboxylic acid groups (broad SMARTS) is 1. The van der Waals surface area contributed by atoms with Crippen LogP contribution in [0.3, 0.4) is 0 Å². The minimum Gasteiger partial charge on any atom is -0.480 e. The number of hydrogen-bond acceptors (Lipinski definition) is 3. The first kappa shape index (κ1) is 15.8. The largest absolute Gasteiger partial charge is 0.480 e. The van der Waals surface area contributed by atoms with Crippen molar-refractivity contribution >= 4 is 17.6 Å². The average Bonchev–Trinajstić information content (AvgIpc) is 2.93. The number of carbonyl (C=O) groups is 1. The van der Waals surface area contributed by atoms with E-state index >= 15 is 0 Å². The van der Waals surface area contributed by atoms with Crippen molar-refractivity contribution in [1.82, 2.24) is 15.3 Å². The van der Waals surface area contributed by atoms with Crippen LogP contribution in [0.4, 0.5) is 13.2 Å². The molecule has 122 valence electrons. The molecule has 23 heavy (non-hydrogen) atoms. The Labute approximate surface area is 133 Å². The first-order chi connectivity index (χ1) is 10.8. The molecule has 0 bridgehead atoms. The summed E-state index contributed by atoms with van der Waals surface area (Å²) in [5.74, 6) is -1.08. The zero-order chi connectivity index (χ0) is 16.8. The lowest BCUT2D eigenvalue weighted by Gasteiger charge is -2.28. The molecule has 3 rings (SSSR count). The number of aromatic nitrogens is 2. The van der Waals surface area contributed by atoms with Crippen molar-refractivity contribution in [1.29, 1.82) is 0 Å². The molecule has 0 saturated heterocycles. The third-order valence-electron chi connectivity index (χ3n) is 3.73. The lowest BCUT2D eigenvalue weighted by atomic mass is 9.93. The van der Waals surface area contributed by atoms with Crippen LogP contribution in [0.5, 0.6) is 0 Å². The second kappa shape index (κ2) is 5.54. The van der Waals surface area contributed by atoms with E-state index in [4.69, 9.17) is 11.6 Å². The molecule has 0 fully saturated rings. The van der Waals surface area contributed by atoms with Crippen LogP contribution in [0.15, 0.2) is 24.5 Å². The van der Waals surface area contributed by atoms with Gasteiger partial charge in [-0.3, -0.25) is 10.1 Å². The topological polar surface area (TPSA) is 78.0 Å². The molecule has 0 amide bonds. The molecule has 0 spiro atoms. The Hall–Kier alpha value is -2.06. The number of aromatic amines is 1.